The Bertz CT molecular complexity index is 1050. The minimum atomic E-state index is -3.56. The van der Waals surface area contributed by atoms with Crippen LogP contribution in [-0.4, -0.2) is 50.9 Å². The van der Waals surface area contributed by atoms with Gasteiger partial charge in [-0.05, 0) is 61.7 Å². The molecule has 2 aromatic carbocycles. The first-order valence-corrected chi connectivity index (χ1v) is 11.5. The SMILES string of the molecule is CC(=O)N1CCc2cc(S(=O)(=O)N3CCN(c4cccc(C)c4)[C@@H](C)C3)ccc21. The quantitative estimate of drug-likeness (QED) is 0.776. The number of carbonyl (C=O) groups excluding carboxylic acids is 1. The topological polar surface area (TPSA) is 60.9 Å². The number of hydrogen-bond donors (Lipinski definition) is 0. The second-order valence-corrected chi connectivity index (χ2v) is 9.89. The number of aryl methyl sites for hydroxylation is 1. The summed E-state index contributed by atoms with van der Waals surface area (Å²) in [5.41, 5.74) is 4.08. The molecule has 7 heteroatoms. The lowest BCUT2D eigenvalue weighted by Gasteiger charge is -2.40. The molecule has 29 heavy (non-hydrogen) atoms. The first kappa shape index (κ1) is 19.9. The third-order valence-corrected chi connectivity index (χ3v) is 7.75. The lowest BCUT2D eigenvalue weighted by atomic mass is 10.1. The van der Waals surface area contributed by atoms with Crippen LogP contribution in [0.5, 0.6) is 0 Å². The summed E-state index contributed by atoms with van der Waals surface area (Å²) in [6.07, 6.45) is 0.690. The van der Waals surface area contributed by atoms with Gasteiger partial charge in [0.1, 0.15) is 0 Å². The van der Waals surface area contributed by atoms with Gasteiger partial charge in [0.2, 0.25) is 15.9 Å². The number of anilines is 2. The highest BCUT2D eigenvalue weighted by Gasteiger charge is 2.33. The van der Waals surface area contributed by atoms with Crippen LogP contribution >= 0.6 is 0 Å². The zero-order valence-electron chi connectivity index (χ0n) is 17.1. The molecule has 2 aliphatic rings. The smallest absolute Gasteiger partial charge is 0.243 e. The summed E-state index contributed by atoms with van der Waals surface area (Å²) >= 11 is 0. The highest BCUT2D eigenvalue weighted by molar-refractivity contribution is 7.89. The Hall–Kier alpha value is -2.38. The molecule has 1 amide bonds. The molecule has 1 saturated heterocycles. The Morgan fingerprint density at radius 3 is 2.55 bits per heavy atom. The lowest BCUT2D eigenvalue weighted by Crippen LogP contribution is -2.53. The van der Waals surface area contributed by atoms with Crippen molar-refractivity contribution in [2.24, 2.45) is 0 Å². The molecule has 2 aliphatic heterocycles. The predicted molar refractivity (Wildman–Crippen MR) is 115 cm³/mol. The fraction of sp³-hybridized carbons (Fsp3) is 0.409. The van der Waals surface area contributed by atoms with Crippen molar-refractivity contribution in [3.63, 3.8) is 0 Å². The van der Waals surface area contributed by atoms with Gasteiger partial charge in [-0.25, -0.2) is 8.42 Å². The van der Waals surface area contributed by atoms with E-state index in [9.17, 15) is 13.2 Å². The maximum Gasteiger partial charge on any atom is 0.243 e. The fourth-order valence-electron chi connectivity index (χ4n) is 4.35. The van der Waals surface area contributed by atoms with Gasteiger partial charge >= 0.3 is 0 Å². The third kappa shape index (κ3) is 3.65. The first-order chi connectivity index (χ1) is 13.8. The maximum absolute atomic E-state index is 13.3. The van der Waals surface area contributed by atoms with Crippen molar-refractivity contribution in [2.45, 2.75) is 38.1 Å². The van der Waals surface area contributed by atoms with Crippen LogP contribution in [0.15, 0.2) is 47.4 Å². The maximum atomic E-state index is 13.3. The van der Waals surface area contributed by atoms with Gasteiger partial charge in [0.15, 0.2) is 0 Å². The largest absolute Gasteiger partial charge is 0.366 e. The molecule has 1 fully saturated rings. The lowest BCUT2D eigenvalue weighted by molar-refractivity contribution is -0.116. The minimum absolute atomic E-state index is 0.0135. The molecule has 0 bridgehead atoms. The van der Waals surface area contributed by atoms with Crippen molar-refractivity contribution in [2.75, 3.05) is 36.0 Å². The molecule has 154 valence electrons. The van der Waals surface area contributed by atoms with E-state index < -0.39 is 10.0 Å². The van der Waals surface area contributed by atoms with E-state index in [2.05, 4.69) is 36.9 Å². The van der Waals surface area contributed by atoms with Gasteiger partial charge in [-0.3, -0.25) is 4.79 Å². The molecule has 0 radical (unpaired) electrons. The van der Waals surface area contributed by atoms with Gasteiger partial charge in [0, 0.05) is 50.5 Å². The number of benzene rings is 2. The Balaban J connectivity index is 1.54. The van der Waals surface area contributed by atoms with Crippen LogP contribution < -0.4 is 9.80 Å². The Morgan fingerprint density at radius 2 is 1.86 bits per heavy atom. The monoisotopic (exact) mass is 413 g/mol. The number of carbonyl (C=O) groups is 1. The van der Waals surface area contributed by atoms with Gasteiger partial charge in [-0.2, -0.15) is 4.31 Å². The summed E-state index contributed by atoms with van der Waals surface area (Å²) in [6.45, 7) is 7.85. The minimum Gasteiger partial charge on any atom is -0.366 e. The van der Waals surface area contributed by atoms with Gasteiger partial charge in [-0.1, -0.05) is 12.1 Å². The predicted octanol–water partition coefficient (Wildman–Crippen LogP) is 2.80. The van der Waals surface area contributed by atoms with Crippen LogP contribution in [0.25, 0.3) is 0 Å². The Morgan fingerprint density at radius 1 is 1.07 bits per heavy atom. The zero-order valence-corrected chi connectivity index (χ0v) is 17.9. The molecule has 1 atom stereocenters. The molecule has 2 aromatic rings. The highest BCUT2D eigenvalue weighted by Crippen LogP contribution is 2.32. The summed E-state index contributed by atoms with van der Waals surface area (Å²) < 4.78 is 28.1. The van der Waals surface area contributed by atoms with Crippen LogP contribution in [0.2, 0.25) is 0 Å². The van der Waals surface area contributed by atoms with Crippen molar-refractivity contribution < 1.29 is 13.2 Å². The summed E-state index contributed by atoms with van der Waals surface area (Å²) in [4.78, 5) is 16.0. The van der Waals surface area contributed by atoms with Gasteiger partial charge < -0.3 is 9.80 Å². The number of fused-ring (bicyclic) bond motifs is 1. The number of piperazine rings is 1. The molecular weight excluding hydrogens is 386 g/mol. The molecule has 2 heterocycles. The average Bonchev–Trinajstić information content (AvgIpc) is 3.11. The van der Waals surface area contributed by atoms with Crippen molar-refractivity contribution >= 4 is 27.3 Å². The summed E-state index contributed by atoms with van der Waals surface area (Å²) in [5.74, 6) is -0.0135. The number of hydrogen-bond acceptors (Lipinski definition) is 4. The molecule has 4 rings (SSSR count). The fourth-order valence-corrected chi connectivity index (χ4v) is 5.91. The third-order valence-electron chi connectivity index (χ3n) is 5.89. The summed E-state index contributed by atoms with van der Waals surface area (Å²) in [5, 5.41) is 0. The molecule has 0 aliphatic carbocycles. The highest BCUT2D eigenvalue weighted by atomic mass is 32.2. The van der Waals surface area contributed by atoms with Crippen molar-refractivity contribution in [1.82, 2.24) is 4.31 Å². The summed E-state index contributed by atoms with van der Waals surface area (Å²) in [6, 6.07) is 13.5. The number of amides is 1. The van der Waals surface area contributed by atoms with E-state index in [0.717, 1.165) is 16.9 Å². The van der Waals surface area contributed by atoms with Gasteiger partial charge in [0.05, 0.1) is 4.90 Å². The van der Waals surface area contributed by atoms with E-state index in [1.807, 2.05) is 6.07 Å². The van der Waals surface area contributed by atoms with E-state index in [4.69, 9.17) is 0 Å². The van der Waals surface area contributed by atoms with E-state index in [1.165, 1.54) is 12.5 Å². The van der Waals surface area contributed by atoms with Crippen molar-refractivity contribution in [3.8, 4) is 0 Å². The van der Waals surface area contributed by atoms with Crippen molar-refractivity contribution in [1.29, 1.82) is 0 Å². The molecule has 0 saturated carbocycles. The number of sulfonamides is 1. The molecule has 0 spiro atoms. The molecule has 6 nitrogen and oxygen atoms in total. The standard InChI is InChI=1S/C22H27N3O3S/c1-16-5-4-6-20(13-16)24-12-11-23(15-17(24)2)29(27,28)21-7-8-22-19(14-21)9-10-25(22)18(3)26/h4-8,13-14,17H,9-12,15H2,1-3H3/t17-/m0/s1. The second-order valence-electron chi connectivity index (χ2n) is 7.96. The Labute approximate surface area is 172 Å². The van der Waals surface area contributed by atoms with E-state index in [1.54, 1.807) is 27.4 Å². The molecular formula is C22H27N3O3S. The number of nitrogens with zero attached hydrogens (tertiary/aromatic N) is 3. The van der Waals surface area contributed by atoms with Crippen LogP contribution in [0.3, 0.4) is 0 Å². The van der Waals surface area contributed by atoms with Gasteiger partial charge in [-0.15, -0.1) is 0 Å². The van der Waals surface area contributed by atoms with Crippen LogP contribution in [0, 0.1) is 6.92 Å². The Kier molecular flexibility index (Phi) is 5.12. The van der Waals surface area contributed by atoms with E-state index in [0.29, 0.717) is 37.5 Å². The second kappa shape index (κ2) is 7.46. The van der Waals surface area contributed by atoms with E-state index >= 15 is 0 Å². The normalized spacial score (nSPS) is 20.0. The van der Waals surface area contributed by atoms with Crippen molar-refractivity contribution in [3.05, 3.63) is 53.6 Å². The number of rotatable bonds is 3. The van der Waals surface area contributed by atoms with Crippen LogP contribution in [-0.2, 0) is 21.2 Å². The summed E-state index contributed by atoms with van der Waals surface area (Å²) in [7, 11) is -3.56. The molecule has 0 aromatic heterocycles. The van der Waals surface area contributed by atoms with Crippen LogP contribution in [0.4, 0.5) is 11.4 Å². The first-order valence-electron chi connectivity index (χ1n) is 10.0. The zero-order chi connectivity index (χ0) is 20.8. The van der Waals surface area contributed by atoms with E-state index in [-0.39, 0.29) is 11.9 Å². The molecule has 0 N–H and O–H groups in total. The molecule has 0 unspecified atom stereocenters. The van der Waals surface area contributed by atoms with Gasteiger partial charge in [0.25, 0.3) is 0 Å². The van der Waals surface area contributed by atoms with Crippen LogP contribution in [0.1, 0.15) is 25.0 Å². The average molecular weight is 414 g/mol.